The summed E-state index contributed by atoms with van der Waals surface area (Å²) in [5.41, 5.74) is 15.0. The highest BCUT2D eigenvalue weighted by molar-refractivity contribution is 7.28. The molecule has 5 heteroatoms. The van der Waals surface area contributed by atoms with E-state index in [0.29, 0.717) is 0 Å². The molecule has 278 valence electrons. The lowest BCUT2D eigenvalue weighted by atomic mass is 9.33. The molecule has 0 spiro atoms. The van der Waals surface area contributed by atoms with Gasteiger partial charge in [-0.25, -0.2) is 0 Å². The number of rotatable bonds is 5. The van der Waals surface area contributed by atoms with Crippen molar-refractivity contribution in [3.8, 4) is 0 Å². The number of anilines is 6. The molecule has 9 rings (SSSR count). The van der Waals surface area contributed by atoms with Gasteiger partial charge in [0.25, 0.3) is 6.71 Å². The number of hydrogen-bond acceptors (Lipinski definition) is 4. The predicted molar refractivity (Wildman–Crippen MR) is 246 cm³/mol. The van der Waals surface area contributed by atoms with E-state index >= 15 is 0 Å². The van der Waals surface area contributed by atoms with E-state index in [1.807, 2.05) is 22.7 Å². The Hall–Kier alpha value is -4.32. The molecule has 0 bridgehead atoms. The number of unbranched alkanes of at least 4 members (excludes halogenated alkanes) is 1. The van der Waals surface area contributed by atoms with Crippen LogP contribution in [0.25, 0.3) is 20.2 Å². The van der Waals surface area contributed by atoms with Crippen LogP contribution in [0.4, 0.5) is 32.8 Å². The molecule has 4 heterocycles. The fourth-order valence-corrected chi connectivity index (χ4v) is 11.2. The molecule has 5 aromatic carbocycles. The minimum Gasteiger partial charge on any atom is -0.311 e. The highest BCUT2D eigenvalue weighted by Gasteiger charge is 2.45. The Bertz CT molecular complexity index is 2600. The smallest absolute Gasteiger partial charge is 0.254 e. The molecular weight excluding hydrogens is 704 g/mol. The standard InChI is InChI=1S/C50H53BN2S2/c1-11-12-14-31-17-23-36(24-18-31)52-39-26-22-33(48(2,3)4)28-38(39)51-45-37-25-21-35(50(8,9)10)30-43(37)55-47(45)53(41-16-13-15-40(52)46(41)51)44-27-32-19-20-34(49(5,6)7)29-42(32)54-44/h13,15-30H,11-12,14H2,1-10H3. The number of nitrogens with zero attached hydrogens (tertiary/aromatic N) is 2. The third kappa shape index (κ3) is 6.05. The SMILES string of the molecule is CCCCc1ccc(N2c3ccc(C(C)(C)C)cc3B3c4c2cccc4N(c2cc4ccc(C(C)(C)C)cc4s2)c2sc4cc(C(C)(C)C)ccc4c23)cc1. The van der Waals surface area contributed by atoms with Crippen molar-refractivity contribution in [1.82, 2.24) is 0 Å². The van der Waals surface area contributed by atoms with Crippen LogP contribution < -0.4 is 26.2 Å². The minimum atomic E-state index is 0.0193. The highest BCUT2D eigenvalue weighted by atomic mass is 32.1. The van der Waals surface area contributed by atoms with Crippen LogP contribution in [0.1, 0.15) is 104 Å². The fraction of sp³-hybridized carbons (Fsp3) is 0.320. The second kappa shape index (κ2) is 12.9. The van der Waals surface area contributed by atoms with Crippen LogP contribution in [-0.4, -0.2) is 6.71 Å². The number of aryl methyl sites for hydroxylation is 1. The van der Waals surface area contributed by atoms with Gasteiger partial charge in [-0.15, -0.1) is 22.7 Å². The van der Waals surface area contributed by atoms with E-state index in [0.717, 1.165) is 6.42 Å². The molecule has 2 aliphatic rings. The summed E-state index contributed by atoms with van der Waals surface area (Å²) in [5.74, 6) is 0. The summed E-state index contributed by atoms with van der Waals surface area (Å²) in [5, 5.41) is 5.31. The maximum absolute atomic E-state index is 2.62. The van der Waals surface area contributed by atoms with Crippen LogP contribution in [0.2, 0.25) is 0 Å². The molecule has 0 saturated heterocycles. The van der Waals surface area contributed by atoms with Gasteiger partial charge in [0.2, 0.25) is 0 Å². The lowest BCUT2D eigenvalue weighted by molar-refractivity contribution is 0.590. The minimum absolute atomic E-state index is 0.0193. The third-order valence-electron chi connectivity index (χ3n) is 11.9. The topological polar surface area (TPSA) is 6.48 Å². The van der Waals surface area contributed by atoms with Crippen LogP contribution in [0, 0.1) is 0 Å². The van der Waals surface area contributed by atoms with Crippen molar-refractivity contribution in [3.05, 3.63) is 125 Å². The Morgan fingerprint density at radius 2 is 1.18 bits per heavy atom. The van der Waals surface area contributed by atoms with Crippen molar-refractivity contribution in [2.45, 2.75) is 105 Å². The second-order valence-corrected chi connectivity index (χ2v) is 21.1. The summed E-state index contributed by atoms with van der Waals surface area (Å²) in [6.45, 7) is 23.3. The van der Waals surface area contributed by atoms with Crippen molar-refractivity contribution < 1.29 is 0 Å². The van der Waals surface area contributed by atoms with Gasteiger partial charge in [0.15, 0.2) is 0 Å². The molecule has 0 radical (unpaired) electrons. The average Bonchev–Trinajstić information content (AvgIpc) is 3.74. The predicted octanol–water partition coefficient (Wildman–Crippen LogP) is 13.4. The zero-order chi connectivity index (χ0) is 38.6. The van der Waals surface area contributed by atoms with Gasteiger partial charge in [-0.05, 0) is 127 Å². The van der Waals surface area contributed by atoms with Gasteiger partial charge in [-0.3, -0.25) is 4.90 Å². The lowest BCUT2D eigenvalue weighted by Gasteiger charge is -2.43. The molecule has 55 heavy (non-hydrogen) atoms. The molecule has 0 atom stereocenters. The van der Waals surface area contributed by atoms with E-state index in [2.05, 4.69) is 182 Å². The Morgan fingerprint density at radius 1 is 0.564 bits per heavy atom. The lowest BCUT2D eigenvalue weighted by Crippen LogP contribution is -2.61. The summed E-state index contributed by atoms with van der Waals surface area (Å²) in [4.78, 5) is 5.18. The first-order valence-electron chi connectivity index (χ1n) is 20.2. The van der Waals surface area contributed by atoms with Crippen molar-refractivity contribution in [1.29, 1.82) is 0 Å². The first kappa shape index (κ1) is 36.3. The number of thiophene rings is 2. The zero-order valence-corrected chi connectivity index (χ0v) is 35.9. The maximum atomic E-state index is 2.62. The number of benzene rings is 5. The highest BCUT2D eigenvalue weighted by Crippen LogP contribution is 2.50. The number of hydrogen-bond donors (Lipinski definition) is 0. The van der Waals surface area contributed by atoms with E-state index in [-0.39, 0.29) is 23.0 Å². The third-order valence-corrected chi connectivity index (χ3v) is 14.2. The van der Waals surface area contributed by atoms with E-state index in [9.17, 15) is 0 Å². The van der Waals surface area contributed by atoms with E-state index < -0.39 is 0 Å². The monoisotopic (exact) mass is 756 g/mol. The van der Waals surface area contributed by atoms with Crippen molar-refractivity contribution in [2.75, 3.05) is 9.80 Å². The van der Waals surface area contributed by atoms with Gasteiger partial charge < -0.3 is 4.90 Å². The van der Waals surface area contributed by atoms with Gasteiger partial charge in [-0.1, -0.05) is 130 Å². The summed E-state index contributed by atoms with van der Waals surface area (Å²) in [7, 11) is 0. The first-order valence-corrected chi connectivity index (χ1v) is 21.8. The van der Waals surface area contributed by atoms with E-state index in [4.69, 9.17) is 0 Å². The summed E-state index contributed by atoms with van der Waals surface area (Å²) in [6.07, 6.45) is 3.55. The van der Waals surface area contributed by atoms with Crippen molar-refractivity contribution >= 4 is 98.7 Å². The van der Waals surface area contributed by atoms with Crippen LogP contribution in [0.3, 0.4) is 0 Å². The van der Waals surface area contributed by atoms with Crippen LogP contribution in [-0.2, 0) is 22.7 Å². The molecular formula is C50H53BN2S2. The Morgan fingerprint density at radius 3 is 1.85 bits per heavy atom. The second-order valence-electron chi connectivity index (χ2n) is 19.0. The first-order chi connectivity index (χ1) is 26.1. The van der Waals surface area contributed by atoms with Gasteiger partial charge in [0, 0.05) is 32.1 Å². The Labute approximate surface area is 336 Å². The molecule has 7 aromatic rings. The number of fused-ring (bicyclic) bond motifs is 7. The maximum Gasteiger partial charge on any atom is 0.254 e. The van der Waals surface area contributed by atoms with Crippen LogP contribution >= 0.6 is 22.7 Å². The molecule has 0 saturated carbocycles. The van der Waals surface area contributed by atoms with Crippen molar-refractivity contribution in [2.24, 2.45) is 0 Å². The molecule has 0 amide bonds. The van der Waals surface area contributed by atoms with Gasteiger partial charge in [0.05, 0.1) is 5.00 Å². The summed E-state index contributed by atoms with van der Waals surface area (Å²) >= 11 is 3.90. The van der Waals surface area contributed by atoms with Gasteiger partial charge in [0.1, 0.15) is 5.00 Å². The summed E-state index contributed by atoms with van der Waals surface area (Å²) in [6, 6.07) is 40.6. The molecule has 2 aliphatic heterocycles. The molecule has 0 aliphatic carbocycles. The van der Waals surface area contributed by atoms with Gasteiger partial charge >= 0.3 is 0 Å². The van der Waals surface area contributed by atoms with Crippen LogP contribution in [0.5, 0.6) is 0 Å². The molecule has 0 unspecified atom stereocenters. The van der Waals surface area contributed by atoms with Crippen molar-refractivity contribution in [3.63, 3.8) is 0 Å². The van der Waals surface area contributed by atoms with Gasteiger partial charge in [-0.2, -0.15) is 0 Å². The quantitative estimate of drug-likeness (QED) is 0.161. The fourth-order valence-electron chi connectivity index (χ4n) is 8.68. The normalized spacial score (nSPS) is 14.1. The van der Waals surface area contributed by atoms with E-state index in [1.165, 1.54) is 104 Å². The van der Waals surface area contributed by atoms with E-state index in [1.54, 1.807) is 0 Å². The zero-order valence-electron chi connectivity index (χ0n) is 34.2. The molecule has 0 N–H and O–H groups in total. The Balaban J connectivity index is 1.34. The summed E-state index contributed by atoms with van der Waals surface area (Å²) < 4.78 is 2.71. The molecule has 0 fully saturated rings. The molecule has 2 nitrogen and oxygen atoms in total. The molecule has 2 aromatic heterocycles. The Kier molecular flexibility index (Phi) is 8.50. The van der Waals surface area contributed by atoms with Crippen LogP contribution in [0.15, 0.2) is 103 Å². The average molecular weight is 757 g/mol. The largest absolute Gasteiger partial charge is 0.311 e.